The molecule has 0 spiro atoms. The van der Waals surface area contributed by atoms with Crippen molar-refractivity contribution in [3.63, 3.8) is 0 Å². The SMILES string of the molecule is Cc1ccc(F)c(C(=O)OCC2CCOCC2)c1. The molecule has 0 aliphatic carbocycles. The van der Waals surface area contributed by atoms with Gasteiger partial charge in [0.15, 0.2) is 0 Å². The largest absolute Gasteiger partial charge is 0.462 e. The predicted octanol–water partition coefficient (Wildman–Crippen LogP) is 2.72. The molecule has 0 radical (unpaired) electrons. The highest BCUT2D eigenvalue weighted by Crippen LogP contribution is 2.17. The van der Waals surface area contributed by atoms with Crippen LogP contribution < -0.4 is 0 Å². The lowest BCUT2D eigenvalue weighted by molar-refractivity contribution is 0.0182. The van der Waals surface area contributed by atoms with E-state index in [1.54, 1.807) is 6.07 Å². The van der Waals surface area contributed by atoms with Gasteiger partial charge in [0, 0.05) is 13.2 Å². The summed E-state index contributed by atoms with van der Waals surface area (Å²) < 4.78 is 23.9. The third kappa shape index (κ3) is 3.29. The lowest BCUT2D eigenvalue weighted by Gasteiger charge is -2.21. The zero-order valence-corrected chi connectivity index (χ0v) is 10.4. The van der Waals surface area contributed by atoms with Crippen LogP contribution in [0.15, 0.2) is 18.2 Å². The molecule has 4 heteroatoms. The molecular formula is C14H17FO3. The monoisotopic (exact) mass is 252 g/mol. The Hall–Kier alpha value is -1.42. The molecule has 1 aliphatic rings. The van der Waals surface area contributed by atoms with Crippen molar-refractivity contribution < 1.29 is 18.7 Å². The molecule has 3 nitrogen and oxygen atoms in total. The van der Waals surface area contributed by atoms with E-state index >= 15 is 0 Å². The average molecular weight is 252 g/mol. The minimum absolute atomic E-state index is 0.0158. The van der Waals surface area contributed by atoms with Gasteiger partial charge in [-0.1, -0.05) is 11.6 Å². The summed E-state index contributed by atoms with van der Waals surface area (Å²) in [4.78, 5) is 11.8. The van der Waals surface area contributed by atoms with Gasteiger partial charge < -0.3 is 9.47 Å². The Balaban J connectivity index is 1.92. The van der Waals surface area contributed by atoms with Crippen LogP contribution >= 0.6 is 0 Å². The minimum Gasteiger partial charge on any atom is -0.462 e. The number of esters is 1. The molecular weight excluding hydrogens is 235 g/mol. The van der Waals surface area contributed by atoms with Gasteiger partial charge >= 0.3 is 5.97 Å². The van der Waals surface area contributed by atoms with E-state index in [1.807, 2.05) is 6.92 Å². The number of aryl methyl sites for hydroxylation is 1. The van der Waals surface area contributed by atoms with Gasteiger partial charge in [-0.3, -0.25) is 0 Å². The molecule has 1 heterocycles. The lowest BCUT2D eigenvalue weighted by atomic mass is 10.0. The van der Waals surface area contributed by atoms with Gasteiger partial charge in [-0.15, -0.1) is 0 Å². The number of rotatable bonds is 3. The van der Waals surface area contributed by atoms with Crippen molar-refractivity contribution in [2.24, 2.45) is 5.92 Å². The average Bonchev–Trinajstić information content (AvgIpc) is 2.40. The van der Waals surface area contributed by atoms with E-state index in [9.17, 15) is 9.18 Å². The van der Waals surface area contributed by atoms with Crippen LogP contribution in [0.5, 0.6) is 0 Å². The fourth-order valence-electron chi connectivity index (χ4n) is 1.98. The molecule has 0 atom stereocenters. The summed E-state index contributed by atoms with van der Waals surface area (Å²) in [6.45, 7) is 3.58. The molecule has 1 aromatic carbocycles. The number of halogens is 1. The first-order valence-electron chi connectivity index (χ1n) is 6.18. The second-order valence-corrected chi connectivity index (χ2v) is 4.64. The highest BCUT2D eigenvalue weighted by atomic mass is 19.1. The molecule has 0 bridgehead atoms. The van der Waals surface area contributed by atoms with E-state index < -0.39 is 11.8 Å². The van der Waals surface area contributed by atoms with Gasteiger partial charge in [-0.25, -0.2) is 9.18 Å². The van der Waals surface area contributed by atoms with Crippen LogP contribution in [0.4, 0.5) is 4.39 Å². The van der Waals surface area contributed by atoms with Crippen molar-refractivity contribution >= 4 is 5.97 Å². The quantitative estimate of drug-likeness (QED) is 0.776. The molecule has 1 saturated heterocycles. The highest BCUT2D eigenvalue weighted by molar-refractivity contribution is 5.89. The summed E-state index contributed by atoms with van der Waals surface area (Å²) in [7, 11) is 0. The van der Waals surface area contributed by atoms with Gasteiger partial charge in [-0.2, -0.15) is 0 Å². The smallest absolute Gasteiger partial charge is 0.341 e. The van der Waals surface area contributed by atoms with Gasteiger partial charge in [-0.05, 0) is 37.8 Å². The van der Waals surface area contributed by atoms with Crippen molar-refractivity contribution in [3.8, 4) is 0 Å². The maximum atomic E-state index is 13.5. The molecule has 1 fully saturated rings. The van der Waals surface area contributed by atoms with Crippen molar-refractivity contribution in [3.05, 3.63) is 35.1 Å². The van der Waals surface area contributed by atoms with Crippen molar-refractivity contribution in [2.75, 3.05) is 19.8 Å². The van der Waals surface area contributed by atoms with E-state index in [2.05, 4.69) is 0 Å². The molecule has 0 aromatic heterocycles. The number of hydrogen-bond acceptors (Lipinski definition) is 3. The lowest BCUT2D eigenvalue weighted by Crippen LogP contribution is -2.22. The molecule has 18 heavy (non-hydrogen) atoms. The molecule has 0 unspecified atom stereocenters. The zero-order valence-electron chi connectivity index (χ0n) is 10.4. The van der Waals surface area contributed by atoms with E-state index in [1.165, 1.54) is 12.1 Å². The van der Waals surface area contributed by atoms with Crippen molar-refractivity contribution in [1.29, 1.82) is 0 Å². The molecule has 0 saturated carbocycles. The topological polar surface area (TPSA) is 35.5 Å². The molecule has 0 amide bonds. The Morgan fingerprint density at radius 3 is 2.89 bits per heavy atom. The Kier molecular flexibility index (Phi) is 4.31. The third-order valence-electron chi connectivity index (χ3n) is 3.13. The van der Waals surface area contributed by atoms with E-state index in [0.29, 0.717) is 25.7 Å². The Morgan fingerprint density at radius 2 is 2.17 bits per heavy atom. The molecule has 0 N–H and O–H groups in total. The van der Waals surface area contributed by atoms with Crippen molar-refractivity contribution in [2.45, 2.75) is 19.8 Å². The molecule has 1 aromatic rings. The second-order valence-electron chi connectivity index (χ2n) is 4.64. The Bertz CT molecular complexity index is 425. The van der Waals surface area contributed by atoms with Crippen LogP contribution in [0, 0.1) is 18.7 Å². The summed E-state index contributed by atoms with van der Waals surface area (Å²) >= 11 is 0. The molecule has 1 aliphatic heterocycles. The number of carbonyl (C=O) groups is 1. The molecule has 2 rings (SSSR count). The van der Waals surface area contributed by atoms with Crippen molar-refractivity contribution in [1.82, 2.24) is 0 Å². The van der Waals surface area contributed by atoms with Crippen LogP contribution in [0.1, 0.15) is 28.8 Å². The van der Waals surface area contributed by atoms with Crippen LogP contribution in [-0.2, 0) is 9.47 Å². The predicted molar refractivity (Wildman–Crippen MR) is 65.0 cm³/mol. The summed E-state index contributed by atoms with van der Waals surface area (Å²) in [6.07, 6.45) is 1.78. The number of hydrogen-bond donors (Lipinski definition) is 0. The number of ether oxygens (including phenoxy) is 2. The molecule has 98 valence electrons. The summed E-state index contributed by atoms with van der Waals surface area (Å²) in [5.74, 6) is -0.782. The summed E-state index contributed by atoms with van der Waals surface area (Å²) in [6, 6.07) is 4.44. The maximum Gasteiger partial charge on any atom is 0.341 e. The number of benzene rings is 1. The van der Waals surface area contributed by atoms with Gasteiger partial charge in [0.2, 0.25) is 0 Å². The maximum absolute atomic E-state index is 13.5. The van der Waals surface area contributed by atoms with Gasteiger partial charge in [0.1, 0.15) is 5.82 Å². The summed E-state index contributed by atoms with van der Waals surface area (Å²) in [5, 5.41) is 0. The van der Waals surface area contributed by atoms with Gasteiger partial charge in [0.25, 0.3) is 0 Å². The van der Waals surface area contributed by atoms with Gasteiger partial charge in [0.05, 0.1) is 12.2 Å². The zero-order chi connectivity index (χ0) is 13.0. The first kappa shape index (κ1) is 13.0. The van der Waals surface area contributed by atoms with Crippen LogP contribution in [-0.4, -0.2) is 25.8 Å². The van der Waals surface area contributed by atoms with Crippen LogP contribution in [0.3, 0.4) is 0 Å². The first-order valence-corrected chi connectivity index (χ1v) is 6.18. The van der Waals surface area contributed by atoms with Crippen LogP contribution in [0.25, 0.3) is 0 Å². The number of carbonyl (C=O) groups excluding carboxylic acids is 1. The third-order valence-corrected chi connectivity index (χ3v) is 3.13. The van der Waals surface area contributed by atoms with E-state index in [0.717, 1.165) is 18.4 Å². The van der Waals surface area contributed by atoms with E-state index in [4.69, 9.17) is 9.47 Å². The fraction of sp³-hybridized carbons (Fsp3) is 0.500. The first-order chi connectivity index (χ1) is 8.66. The Morgan fingerprint density at radius 1 is 1.44 bits per heavy atom. The highest BCUT2D eigenvalue weighted by Gasteiger charge is 2.18. The normalized spacial score (nSPS) is 16.6. The fourth-order valence-corrected chi connectivity index (χ4v) is 1.98. The second kappa shape index (κ2) is 5.96. The van der Waals surface area contributed by atoms with E-state index in [-0.39, 0.29) is 5.56 Å². The van der Waals surface area contributed by atoms with Crippen LogP contribution in [0.2, 0.25) is 0 Å². The standard InChI is InChI=1S/C14H17FO3/c1-10-2-3-13(15)12(8-10)14(16)18-9-11-4-6-17-7-5-11/h2-3,8,11H,4-7,9H2,1H3. The Labute approximate surface area is 106 Å². The summed E-state index contributed by atoms with van der Waals surface area (Å²) in [5.41, 5.74) is 0.858. The minimum atomic E-state index is -0.581.